The predicted octanol–water partition coefficient (Wildman–Crippen LogP) is 5.54. The van der Waals surface area contributed by atoms with Crippen LogP contribution in [0.15, 0.2) is 48.5 Å². The minimum Gasteiger partial charge on any atom is -0.493 e. The molecule has 3 rings (SSSR count). The maximum absolute atomic E-state index is 12.4. The van der Waals surface area contributed by atoms with Crippen LogP contribution in [0.25, 0.3) is 0 Å². The van der Waals surface area contributed by atoms with Crippen molar-refractivity contribution < 1.29 is 23.5 Å². The number of ether oxygens (including phenoxy) is 2. The molecule has 2 aromatic rings. The molecule has 0 radical (unpaired) electrons. The van der Waals surface area contributed by atoms with Crippen molar-refractivity contribution >= 4 is 20.1 Å². The molecule has 0 aromatic heterocycles. The second kappa shape index (κ2) is 10.5. The van der Waals surface area contributed by atoms with Gasteiger partial charge in [-0.15, -0.1) is 0 Å². The molecule has 0 fully saturated rings. The van der Waals surface area contributed by atoms with E-state index in [1.807, 2.05) is 24.3 Å². The number of carbonyl (C=O) groups excluding carboxylic acids is 2. The summed E-state index contributed by atoms with van der Waals surface area (Å²) < 4.78 is 17.8. The van der Waals surface area contributed by atoms with Crippen LogP contribution in [0.1, 0.15) is 54.3 Å². The Balaban J connectivity index is 1.38. The zero-order chi connectivity index (χ0) is 24.1. The summed E-state index contributed by atoms with van der Waals surface area (Å²) in [5.74, 6) is 0.839. The molecule has 0 atom stereocenters. The fourth-order valence-electron chi connectivity index (χ4n) is 3.29. The minimum absolute atomic E-state index is 0.200. The monoisotopic (exact) mass is 469 g/mol. The lowest BCUT2D eigenvalue weighted by Gasteiger charge is -2.36. The highest BCUT2D eigenvalue weighted by atomic mass is 28.4. The molecule has 1 heterocycles. The lowest BCUT2D eigenvalue weighted by atomic mass is 10.1. The SMILES string of the molecule is CC(C)(C)[Si](C)(C)OCCCCOc1cccc(OCCN2C(=O)c3ccccc3C2=O)c1. The largest absolute Gasteiger partial charge is 0.493 e. The molecule has 6 nitrogen and oxygen atoms in total. The van der Waals surface area contributed by atoms with E-state index in [1.54, 1.807) is 24.3 Å². The van der Waals surface area contributed by atoms with Crippen molar-refractivity contribution in [3.63, 3.8) is 0 Å². The van der Waals surface area contributed by atoms with Gasteiger partial charge in [0.15, 0.2) is 8.32 Å². The number of hydrogen-bond acceptors (Lipinski definition) is 5. The zero-order valence-corrected chi connectivity index (χ0v) is 21.3. The van der Waals surface area contributed by atoms with E-state index >= 15 is 0 Å². The lowest BCUT2D eigenvalue weighted by Crippen LogP contribution is -2.41. The van der Waals surface area contributed by atoms with Crippen LogP contribution in [0.5, 0.6) is 11.5 Å². The Morgan fingerprint density at radius 2 is 1.33 bits per heavy atom. The molecular weight excluding hydrogens is 434 g/mol. The van der Waals surface area contributed by atoms with E-state index < -0.39 is 8.32 Å². The number of imide groups is 1. The molecule has 0 aliphatic carbocycles. The summed E-state index contributed by atoms with van der Waals surface area (Å²) in [6.45, 7) is 13.1. The second-order valence-corrected chi connectivity index (χ2v) is 14.6. The maximum Gasteiger partial charge on any atom is 0.261 e. The van der Waals surface area contributed by atoms with E-state index in [4.69, 9.17) is 13.9 Å². The normalized spacial score (nSPS) is 13.9. The fourth-order valence-corrected chi connectivity index (χ4v) is 4.38. The molecule has 7 heteroatoms. The van der Waals surface area contributed by atoms with Crippen LogP contribution < -0.4 is 9.47 Å². The average Bonchev–Trinajstić information content (AvgIpc) is 3.01. The van der Waals surface area contributed by atoms with Gasteiger partial charge in [-0.3, -0.25) is 14.5 Å². The van der Waals surface area contributed by atoms with Crippen LogP contribution in [-0.4, -0.2) is 51.4 Å². The number of carbonyl (C=O) groups is 2. The van der Waals surface area contributed by atoms with Crippen molar-refractivity contribution in [3.8, 4) is 11.5 Å². The van der Waals surface area contributed by atoms with Gasteiger partial charge in [-0.2, -0.15) is 0 Å². The van der Waals surface area contributed by atoms with Gasteiger partial charge in [-0.05, 0) is 55.2 Å². The first kappa shape index (κ1) is 25.0. The summed E-state index contributed by atoms with van der Waals surface area (Å²) in [6.07, 6.45) is 1.88. The maximum atomic E-state index is 12.4. The summed E-state index contributed by atoms with van der Waals surface area (Å²) >= 11 is 0. The molecule has 1 aliphatic rings. The van der Waals surface area contributed by atoms with Crippen LogP contribution in [0.3, 0.4) is 0 Å². The van der Waals surface area contributed by atoms with Gasteiger partial charge in [0.25, 0.3) is 11.8 Å². The van der Waals surface area contributed by atoms with Gasteiger partial charge in [0.2, 0.25) is 0 Å². The Morgan fingerprint density at radius 3 is 1.91 bits per heavy atom. The van der Waals surface area contributed by atoms with Crippen LogP contribution in [0.2, 0.25) is 18.1 Å². The molecule has 0 bridgehead atoms. The van der Waals surface area contributed by atoms with Gasteiger partial charge >= 0.3 is 0 Å². The van der Waals surface area contributed by atoms with Crippen molar-refractivity contribution in [2.24, 2.45) is 0 Å². The molecule has 0 unspecified atom stereocenters. The molecule has 2 amide bonds. The summed E-state index contributed by atoms with van der Waals surface area (Å²) in [5, 5.41) is 0.225. The molecule has 0 saturated carbocycles. The minimum atomic E-state index is -1.69. The van der Waals surface area contributed by atoms with Crippen LogP contribution in [-0.2, 0) is 4.43 Å². The molecule has 0 saturated heterocycles. The molecule has 2 aromatic carbocycles. The van der Waals surface area contributed by atoms with Crippen molar-refractivity contribution in [2.75, 3.05) is 26.4 Å². The Bertz CT molecular complexity index is 948. The van der Waals surface area contributed by atoms with Crippen LogP contribution in [0.4, 0.5) is 0 Å². The third-order valence-electron chi connectivity index (χ3n) is 6.34. The zero-order valence-electron chi connectivity index (χ0n) is 20.3. The van der Waals surface area contributed by atoms with Gasteiger partial charge in [-0.25, -0.2) is 0 Å². The summed E-state index contributed by atoms with van der Waals surface area (Å²) in [4.78, 5) is 26.1. The molecular formula is C26H35NO5Si. The van der Waals surface area contributed by atoms with Crippen molar-refractivity contribution in [2.45, 2.75) is 51.7 Å². The van der Waals surface area contributed by atoms with E-state index in [-0.39, 0.29) is 30.0 Å². The third kappa shape index (κ3) is 6.24. The summed E-state index contributed by atoms with van der Waals surface area (Å²) in [7, 11) is -1.69. The van der Waals surface area contributed by atoms with Gasteiger partial charge in [-0.1, -0.05) is 39.0 Å². The molecule has 178 valence electrons. The average molecular weight is 470 g/mol. The first-order valence-corrected chi connectivity index (χ1v) is 14.5. The van der Waals surface area contributed by atoms with E-state index in [1.165, 1.54) is 4.90 Å². The van der Waals surface area contributed by atoms with Gasteiger partial charge in [0.05, 0.1) is 24.3 Å². The Labute approximate surface area is 198 Å². The number of rotatable bonds is 11. The predicted molar refractivity (Wildman–Crippen MR) is 132 cm³/mol. The lowest BCUT2D eigenvalue weighted by molar-refractivity contribution is 0.0631. The number of hydrogen-bond donors (Lipinski definition) is 0. The smallest absolute Gasteiger partial charge is 0.261 e. The quantitative estimate of drug-likeness (QED) is 0.245. The number of unbranched alkanes of at least 4 members (excludes halogenated alkanes) is 1. The van der Waals surface area contributed by atoms with Crippen LogP contribution in [0, 0.1) is 0 Å². The molecule has 0 spiro atoms. The highest BCUT2D eigenvalue weighted by Crippen LogP contribution is 2.36. The first-order valence-electron chi connectivity index (χ1n) is 11.5. The molecule has 0 N–H and O–H groups in total. The first-order chi connectivity index (χ1) is 15.6. The number of fused-ring (bicyclic) bond motifs is 1. The Morgan fingerprint density at radius 1 is 0.788 bits per heavy atom. The summed E-state index contributed by atoms with van der Waals surface area (Å²) in [5.41, 5.74) is 0.903. The molecule has 1 aliphatic heterocycles. The topological polar surface area (TPSA) is 65.1 Å². The fraction of sp³-hybridized carbons (Fsp3) is 0.462. The standard InChI is InChI=1S/C26H35NO5Si/c1-26(2,3)33(4,5)32-17-9-8-16-30-20-11-10-12-21(19-20)31-18-15-27-24(28)22-13-6-7-14-23(22)25(27)29/h6-7,10-14,19H,8-9,15-18H2,1-5H3. The van der Waals surface area contributed by atoms with Crippen molar-refractivity contribution in [1.29, 1.82) is 0 Å². The molecule has 33 heavy (non-hydrogen) atoms. The number of benzene rings is 2. The van der Waals surface area contributed by atoms with E-state index in [0.29, 0.717) is 23.5 Å². The second-order valence-electron chi connectivity index (χ2n) is 9.80. The van der Waals surface area contributed by atoms with E-state index in [2.05, 4.69) is 33.9 Å². The van der Waals surface area contributed by atoms with Gasteiger partial charge < -0.3 is 13.9 Å². The van der Waals surface area contributed by atoms with Crippen molar-refractivity contribution in [1.82, 2.24) is 4.90 Å². The third-order valence-corrected chi connectivity index (χ3v) is 10.9. The number of amides is 2. The van der Waals surface area contributed by atoms with Gasteiger partial charge in [0.1, 0.15) is 18.1 Å². The Kier molecular flexibility index (Phi) is 7.97. The highest BCUT2D eigenvalue weighted by Gasteiger charge is 2.37. The van der Waals surface area contributed by atoms with E-state index in [0.717, 1.165) is 25.2 Å². The van der Waals surface area contributed by atoms with Crippen molar-refractivity contribution in [3.05, 3.63) is 59.7 Å². The van der Waals surface area contributed by atoms with Gasteiger partial charge in [0, 0.05) is 12.7 Å². The summed E-state index contributed by atoms with van der Waals surface area (Å²) in [6, 6.07) is 14.3. The van der Waals surface area contributed by atoms with E-state index in [9.17, 15) is 9.59 Å². The van der Waals surface area contributed by atoms with Crippen LogP contribution >= 0.6 is 0 Å². The number of nitrogens with zero attached hydrogens (tertiary/aromatic N) is 1. The Hall–Kier alpha value is -2.64. The highest BCUT2D eigenvalue weighted by molar-refractivity contribution is 6.74.